The van der Waals surface area contributed by atoms with Gasteiger partial charge in [0.1, 0.15) is 11.2 Å². The van der Waals surface area contributed by atoms with Crippen molar-refractivity contribution in [3.63, 3.8) is 0 Å². The fraction of sp³-hybridized carbons (Fsp3) is 0.929. The molecule has 3 fully saturated rings. The monoisotopic (exact) mass is 270 g/mol. The first kappa shape index (κ1) is 13.3. The Morgan fingerprint density at radius 3 is 2.42 bits per heavy atom. The Kier molecular flexibility index (Phi) is 3.53. The van der Waals surface area contributed by atoms with Crippen LogP contribution in [0.2, 0.25) is 0 Å². The first-order chi connectivity index (χ1) is 9.24. The number of hydrogen-bond donors (Lipinski definition) is 1. The molecule has 3 aliphatic rings. The van der Waals surface area contributed by atoms with Crippen LogP contribution in [-0.2, 0) is 19.3 Å². The van der Waals surface area contributed by atoms with Gasteiger partial charge < -0.3 is 9.84 Å². The molecule has 1 N–H and O–H groups in total. The quantitative estimate of drug-likeness (QED) is 0.473. The van der Waals surface area contributed by atoms with Crippen molar-refractivity contribution in [2.45, 2.75) is 69.0 Å². The fourth-order valence-electron chi connectivity index (χ4n) is 4.17. The number of rotatable bonds is 2. The molecule has 5 nitrogen and oxygen atoms in total. The maximum Gasteiger partial charge on any atom is 0.314 e. The lowest BCUT2D eigenvalue weighted by Gasteiger charge is -2.56. The van der Waals surface area contributed by atoms with Crippen molar-refractivity contribution in [3.8, 4) is 0 Å². The van der Waals surface area contributed by atoms with E-state index in [4.69, 9.17) is 19.6 Å². The Morgan fingerprint density at radius 2 is 1.84 bits per heavy atom. The number of esters is 1. The summed E-state index contributed by atoms with van der Waals surface area (Å²) in [5, 5.41) is 8.79. The van der Waals surface area contributed by atoms with E-state index in [1.165, 1.54) is 12.8 Å². The molecular weight excluding hydrogens is 248 g/mol. The molecule has 0 radical (unpaired) electrons. The van der Waals surface area contributed by atoms with Crippen LogP contribution in [0.1, 0.15) is 57.8 Å². The summed E-state index contributed by atoms with van der Waals surface area (Å²) in [6.07, 6.45) is 9.24. The average Bonchev–Trinajstić information content (AvgIpc) is 2.71. The summed E-state index contributed by atoms with van der Waals surface area (Å²) in [6.45, 7) is -0.556. The third-order valence-electron chi connectivity index (χ3n) is 5.13. The van der Waals surface area contributed by atoms with Gasteiger partial charge in [-0.2, -0.15) is 0 Å². The van der Waals surface area contributed by atoms with Crippen molar-refractivity contribution < 1.29 is 24.4 Å². The van der Waals surface area contributed by atoms with E-state index in [0.29, 0.717) is 0 Å². The van der Waals surface area contributed by atoms with E-state index in [-0.39, 0.29) is 17.5 Å². The molecule has 2 saturated carbocycles. The fourth-order valence-corrected chi connectivity index (χ4v) is 4.17. The predicted molar refractivity (Wildman–Crippen MR) is 65.9 cm³/mol. The smallest absolute Gasteiger partial charge is 0.314 e. The molecule has 2 aliphatic carbocycles. The molecule has 108 valence electrons. The van der Waals surface area contributed by atoms with Crippen LogP contribution in [0.25, 0.3) is 0 Å². The summed E-state index contributed by atoms with van der Waals surface area (Å²) < 4.78 is 4.80. The van der Waals surface area contributed by atoms with Crippen molar-refractivity contribution in [1.82, 2.24) is 0 Å². The van der Waals surface area contributed by atoms with Gasteiger partial charge in [0.05, 0.1) is 5.92 Å². The van der Waals surface area contributed by atoms with E-state index in [1.807, 2.05) is 0 Å². The largest absolute Gasteiger partial charge is 0.438 e. The molecule has 1 heterocycles. The van der Waals surface area contributed by atoms with Crippen molar-refractivity contribution in [1.29, 1.82) is 0 Å². The molecular formula is C14H22O5. The van der Waals surface area contributed by atoms with Gasteiger partial charge in [0.2, 0.25) is 0 Å². The zero-order chi connectivity index (χ0) is 13.3. The van der Waals surface area contributed by atoms with E-state index in [9.17, 15) is 4.79 Å². The molecule has 0 aromatic rings. The van der Waals surface area contributed by atoms with Gasteiger partial charge in [-0.05, 0) is 32.1 Å². The number of aliphatic hydroxyl groups is 1. The van der Waals surface area contributed by atoms with Gasteiger partial charge >= 0.3 is 5.97 Å². The van der Waals surface area contributed by atoms with E-state index >= 15 is 0 Å². The molecule has 19 heavy (non-hydrogen) atoms. The van der Waals surface area contributed by atoms with Crippen molar-refractivity contribution >= 4 is 5.97 Å². The van der Waals surface area contributed by atoms with Gasteiger partial charge in [0.15, 0.2) is 6.79 Å². The second kappa shape index (κ2) is 5.04. The minimum Gasteiger partial charge on any atom is -0.438 e. The number of fused-ring (bicyclic) bond motifs is 1. The van der Waals surface area contributed by atoms with Crippen LogP contribution in [-0.4, -0.2) is 29.1 Å². The van der Waals surface area contributed by atoms with E-state index in [1.54, 1.807) is 0 Å². The van der Waals surface area contributed by atoms with Crippen molar-refractivity contribution in [3.05, 3.63) is 0 Å². The number of aliphatic hydroxyl groups excluding tert-OH is 1. The lowest BCUT2D eigenvalue weighted by atomic mass is 9.70. The number of carbonyl (C=O) groups excluding carboxylic acids is 1. The lowest BCUT2D eigenvalue weighted by molar-refractivity contribution is -0.561. The summed E-state index contributed by atoms with van der Waals surface area (Å²) in [5.74, 6) is -0.626. The summed E-state index contributed by atoms with van der Waals surface area (Å²) in [4.78, 5) is 23.1. The van der Waals surface area contributed by atoms with E-state index in [0.717, 1.165) is 44.9 Å². The highest BCUT2D eigenvalue weighted by molar-refractivity contribution is 5.75. The Bertz CT molecular complexity index is 348. The highest BCUT2D eigenvalue weighted by Crippen LogP contribution is 2.59. The second-order valence-corrected chi connectivity index (χ2v) is 6.00. The third-order valence-corrected chi connectivity index (χ3v) is 5.13. The molecule has 3 rings (SSSR count). The lowest BCUT2D eigenvalue weighted by Crippen LogP contribution is -2.69. The summed E-state index contributed by atoms with van der Waals surface area (Å²) in [6, 6.07) is 0. The summed E-state index contributed by atoms with van der Waals surface area (Å²) >= 11 is 0. The van der Waals surface area contributed by atoms with Crippen LogP contribution >= 0.6 is 0 Å². The Balaban J connectivity index is 1.82. The maximum absolute atomic E-state index is 12.0. The molecule has 2 unspecified atom stereocenters. The van der Waals surface area contributed by atoms with Gasteiger partial charge in [0.25, 0.3) is 0 Å². The predicted octanol–water partition coefficient (Wildman–Crippen LogP) is 2.07. The first-order valence-corrected chi connectivity index (χ1v) is 7.38. The van der Waals surface area contributed by atoms with Crippen LogP contribution in [0.4, 0.5) is 0 Å². The number of hydrogen-bond acceptors (Lipinski definition) is 5. The van der Waals surface area contributed by atoms with Gasteiger partial charge in [-0.25, -0.2) is 9.78 Å². The topological polar surface area (TPSA) is 65.0 Å². The number of ether oxygens (including phenoxy) is 1. The summed E-state index contributed by atoms with van der Waals surface area (Å²) in [5.41, 5.74) is -0.789. The van der Waals surface area contributed by atoms with Crippen LogP contribution in [0, 0.1) is 5.92 Å². The summed E-state index contributed by atoms with van der Waals surface area (Å²) in [7, 11) is 0. The number of carbonyl (C=O) groups is 1. The molecule has 2 spiro atoms. The first-order valence-electron chi connectivity index (χ1n) is 7.38. The highest BCUT2D eigenvalue weighted by Gasteiger charge is 2.70. The average molecular weight is 270 g/mol. The Morgan fingerprint density at radius 1 is 1.11 bits per heavy atom. The molecule has 1 aliphatic heterocycles. The van der Waals surface area contributed by atoms with Crippen LogP contribution < -0.4 is 0 Å². The SMILES string of the molecule is O=C(OCO)C1CCCC12OOC21CCCCCC1. The second-order valence-electron chi connectivity index (χ2n) is 6.00. The van der Waals surface area contributed by atoms with Crippen molar-refractivity contribution in [2.24, 2.45) is 5.92 Å². The maximum atomic E-state index is 12.0. The molecule has 0 amide bonds. The standard InChI is InChI=1S/C14H22O5/c15-10-17-12(16)11-6-5-9-14(11)13(18-19-14)7-3-1-2-4-8-13/h11,15H,1-10H2. The molecule has 5 heteroatoms. The highest BCUT2D eigenvalue weighted by atomic mass is 17.3. The Hall–Kier alpha value is -0.650. The molecule has 0 bridgehead atoms. The van der Waals surface area contributed by atoms with Gasteiger partial charge in [-0.3, -0.25) is 4.79 Å². The molecule has 2 atom stereocenters. The van der Waals surface area contributed by atoms with Crippen LogP contribution in [0.15, 0.2) is 0 Å². The van der Waals surface area contributed by atoms with E-state index in [2.05, 4.69) is 0 Å². The van der Waals surface area contributed by atoms with Crippen LogP contribution in [0.3, 0.4) is 0 Å². The van der Waals surface area contributed by atoms with Gasteiger partial charge in [0, 0.05) is 0 Å². The normalized spacial score (nSPS) is 37.0. The van der Waals surface area contributed by atoms with E-state index < -0.39 is 12.4 Å². The zero-order valence-electron chi connectivity index (χ0n) is 11.2. The Labute approximate surface area is 113 Å². The van der Waals surface area contributed by atoms with Gasteiger partial charge in [-0.15, -0.1) is 0 Å². The molecule has 0 aromatic carbocycles. The molecule has 0 aromatic heterocycles. The third kappa shape index (κ3) is 1.90. The minimum absolute atomic E-state index is 0.286. The minimum atomic E-state index is -0.556. The van der Waals surface area contributed by atoms with Crippen molar-refractivity contribution in [2.75, 3.05) is 6.79 Å². The zero-order valence-corrected chi connectivity index (χ0v) is 11.2. The van der Waals surface area contributed by atoms with Crippen LogP contribution in [0.5, 0.6) is 0 Å². The molecule has 1 saturated heterocycles. The van der Waals surface area contributed by atoms with Gasteiger partial charge in [-0.1, -0.05) is 25.7 Å².